The van der Waals surface area contributed by atoms with Crippen molar-refractivity contribution in [2.45, 2.75) is 18.9 Å². The Hall–Kier alpha value is -3.89. The number of ether oxygens (including phenoxy) is 1. The lowest BCUT2D eigenvalue weighted by atomic mass is 9.55. The monoisotopic (exact) mass is 539 g/mol. The van der Waals surface area contributed by atoms with Gasteiger partial charge < -0.3 is 29.6 Å². The van der Waals surface area contributed by atoms with Crippen molar-refractivity contribution in [3.63, 3.8) is 0 Å². The summed E-state index contributed by atoms with van der Waals surface area (Å²) < 4.78 is 12.0. The zero-order valence-corrected chi connectivity index (χ0v) is 21.5. The minimum Gasteiger partial charge on any atom is -0.508 e. The van der Waals surface area contributed by atoms with Crippen molar-refractivity contribution in [2.75, 3.05) is 11.5 Å². The Morgan fingerprint density at radius 2 is 1.73 bits per heavy atom. The van der Waals surface area contributed by atoms with Crippen LogP contribution in [0.25, 0.3) is 0 Å². The minimum absolute atomic E-state index is 0.0552. The fourth-order valence-corrected chi connectivity index (χ4v) is 6.25. The molecule has 3 aromatic carbocycles. The van der Waals surface area contributed by atoms with Crippen molar-refractivity contribution in [3.8, 4) is 11.5 Å². The second kappa shape index (κ2) is 10.6. The Kier molecular flexibility index (Phi) is 6.97. The number of carbonyl (C=O) groups excluding carboxylic acids is 2. The first-order valence-electron chi connectivity index (χ1n) is 13.2. The second-order valence-corrected chi connectivity index (χ2v) is 10.4. The Balaban J connectivity index is 1.38. The number of hydrogen-bond acceptors (Lipinski definition) is 8. The smallest absolute Gasteiger partial charge is 0.488 e. The first-order chi connectivity index (χ1) is 19.3. The number of para-hydroxylation sites is 1. The summed E-state index contributed by atoms with van der Waals surface area (Å²) in [7, 11) is -3.08. The summed E-state index contributed by atoms with van der Waals surface area (Å²) in [5.41, 5.74) is 2.33. The van der Waals surface area contributed by atoms with E-state index < -0.39 is 44.0 Å². The van der Waals surface area contributed by atoms with Crippen LogP contribution in [0.5, 0.6) is 11.5 Å². The number of allylic oxidation sites excluding steroid dienone is 1. The molecule has 2 aliphatic heterocycles. The van der Waals surface area contributed by atoms with Crippen LogP contribution in [0.1, 0.15) is 24.5 Å². The van der Waals surface area contributed by atoms with E-state index in [2.05, 4.69) is 0 Å². The van der Waals surface area contributed by atoms with Crippen LogP contribution in [0, 0.1) is 17.8 Å². The molecule has 0 bridgehead atoms. The van der Waals surface area contributed by atoms with Crippen LogP contribution in [0.3, 0.4) is 0 Å². The molecule has 2 fully saturated rings. The van der Waals surface area contributed by atoms with E-state index in [4.69, 9.17) is 9.39 Å². The van der Waals surface area contributed by atoms with E-state index in [0.29, 0.717) is 28.8 Å². The van der Waals surface area contributed by atoms with Crippen molar-refractivity contribution in [1.82, 2.24) is 0 Å². The van der Waals surface area contributed by atoms with Crippen molar-refractivity contribution >= 4 is 37.2 Å². The average Bonchev–Trinajstić information content (AvgIpc) is 3.21. The fourth-order valence-electron chi connectivity index (χ4n) is 6.25. The third-order valence-electron chi connectivity index (χ3n) is 8.04. The highest BCUT2D eigenvalue weighted by Crippen LogP contribution is 2.52. The van der Waals surface area contributed by atoms with Crippen molar-refractivity contribution < 1.29 is 39.2 Å². The minimum atomic E-state index is -1.75. The van der Waals surface area contributed by atoms with Gasteiger partial charge in [0.1, 0.15) is 18.1 Å². The third kappa shape index (κ3) is 4.71. The number of benzene rings is 3. The average molecular weight is 539 g/mol. The van der Waals surface area contributed by atoms with Crippen LogP contribution in [0.4, 0.5) is 5.69 Å². The maximum atomic E-state index is 13.9. The summed E-state index contributed by atoms with van der Waals surface area (Å²) >= 11 is 0. The maximum absolute atomic E-state index is 13.9. The first-order valence-corrected chi connectivity index (χ1v) is 13.2. The van der Waals surface area contributed by atoms with Crippen molar-refractivity contribution in [2.24, 2.45) is 17.8 Å². The van der Waals surface area contributed by atoms with Crippen LogP contribution in [-0.4, -0.2) is 52.8 Å². The molecule has 4 N–H and O–H groups in total. The summed E-state index contributed by atoms with van der Waals surface area (Å²) in [5, 5.41) is 40.6. The maximum Gasteiger partial charge on any atom is 0.488 e. The third-order valence-corrected chi connectivity index (χ3v) is 8.04. The molecule has 0 spiro atoms. The number of aromatic hydroxyl groups is 1. The molecular formula is C29H27B2NO8. The van der Waals surface area contributed by atoms with Crippen LogP contribution < -0.4 is 15.1 Å². The second-order valence-electron chi connectivity index (χ2n) is 10.4. The molecule has 9 nitrogen and oxygen atoms in total. The van der Waals surface area contributed by atoms with Gasteiger partial charge >= 0.3 is 14.2 Å². The number of hydrogen-bond donors (Lipinski definition) is 4. The lowest BCUT2D eigenvalue weighted by Gasteiger charge is -2.42. The molecule has 202 valence electrons. The number of carbonyl (C=O) groups is 2. The van der Waals surface area contributed by atoms with Crippen LogP contribution in [0.15, 0.2) is 89.9 Å². The zero-order chi connectivity index (χ0) is 28.0. The summed E-state index contributed by atoms with van der Waals surface area (Å²) in [5.74, 6) is -2.05. The van der Waals surface area contributed by atoms with Crippen molar-refractivity contribution in [1.29, 1.82) is 0 Å². The van der Waals surface area contributed by atoms with E-state index in [1.54, 1.807) is 30.3 Å². The van der Waals surface area contributed by atoms with Gasteiger partial charge in [0, 0.05) is 0 Å². The molecule has 6 rings (SSSR count). The van der Waals surface area contributed by atoms with E-state index in [1.807, 2.05) is 30.3 Å². The highest BCUT2D eigenvalue weighted by molar-refractivity contribution is 6.58. The highest BCUT2D eigenvalue weighted by Gasteiger charge is 2.58. The van der Waals surface area contributed by atoms with Gasteiger partial charge in [-0.1, -0.05) is 42.5 Å². The lowest BCUT2D eigenvalue weighted by molar-refractivity contribution is -0.123. The Bertz CT molecular complexity index is 1480. The number of fused-ring (bicyclic) bond motifs is 3. The molecule has 0 saturated carbocycles. The van der Waals surface area contributed by atoms with Crippen molar-refractivity contribution in [3.05, 3.63) is 95.5 Å². The number of phenols is 1. The Morgan fingerprint density at radius 3 is 2.48 bits per heavy atom. The number of imide groups is 1. The molecule has 3 aliphatic rings. The quantitative estimate of drug-likeness (QED) is 0.275. The molecule has 2 heterocycles. The summed E-state index contributed by atoms with van der Waals surface area (Å²) in [4.78, 5) is 28.9. The standard InChI is InChI=1S/C29H27B2NO8/c33-21-9-4-6-17(12-21)25-15-23-26-24(28(34)32(29(26)35)20-8-5-7-19(14-20)30(36)37)13-18(27(23)31(38)40-25)16-39-22-10-2-1-3-11-22/h1-12,14,23-26,33,36-38H,13,15-16H2/t23-,24-,25-,26+/m0/s1. The van der Waals surface area contributed by atoms with Crippen LogP contribution in [0.2, 0.25) is 0 Å². The fraction of sp³-hybridized carbons (Fsp3) is 0.241. The number of amides is 2. The molecule has 1 aliphatic carbocycles. The molecule has 0 aromatic heterocycles. The largest absolute Gasteiger partial charge is 0.508 e. The van der Waals surface area contributed by atoms with Crippen LogP contribution >= 0.6 is 0 Å². The lowest BCUT2D eigenvalue weighted by Crippen LogP contribution is -2.45. The molecule has 11 heteroatoms. The summed E-state index contributed by atoms with van der Waals surface area (Å²) in [6, 6.07) is 21.8. The van der Waals surface area contributed by atoms with Gasteiger partial charge in [0.25, 0.3) is 0 Å². The Morgan fingerprint density at radius 1 is 0.950 bits per heavy atom. The highest BCUT2D eigenvalue weighted by atomic mass is 16.5. The number of nitrogens with zero attached hydrogens (tertiary/aromatic N) is 1. The van der Waals surface area contributed by atoms with E-state index in [0.717, 1.165) is 4.90 Å². The predicted octanol–water partition coefficient (Wildman–Crippen LogP) is 1.75. The molecule has 2 saturated heterocycles. The molecular weight excluding hydrogens is 512 g/mol. The van der Waals surface area contributed by atoms with E-state index >= 15 is 0 Å². The molecule has 40 heavy (non-hydrogen) atoms. The van der Waals surface area contributed by atoms with Gasteiger partial charge in [-0.3, -0.25) is 14.5 Å². The van der Waals surface area contributed by atoms with Gasteiger partial charge in [0.2, 0.25) is 11.8 Å². The molecule has 3 aromatic rings. The zero-order valence-electron chi connectivity index (χ0n) is 21.5. The molecule has 0 radical (unpaired) electrons. The summed E-state index contributed by atoms with van der Waals surface area (Å²) in [6.07, 6.45) is -0.0893. The van der Waals surface area contributed by atoms with E-state index in [-0.39, 0.29) is 35.8 Å². The molecule has 2 amide bonds. The van der Waals surface area contributed by atoms with Crippen LogP contribution in [-0.2, 0) is 14.2 Å². The van der Waals surface area contributed by atoms with Gasteiger partial charge in [0.15, 0.2) is 0 Å². The predicted molar refractivity (Wildman–Crippen MR) is 147 cm³/mol. The van der Waals surface area contributed by atoms with E-state index in [1.165, 1.54) is 18.2 Å². The molecule has 0 unspecified atom stereocenters. The van der Waals surface area contributed by atoms with Gasteiger partial charge in [-0.05, 0) is 77.2 Å². The number of anilines is 1. The van der Waals surface area contributed by atoms with Gasteiger partial charge in [-0.25, -0.2) is 0 Å². The van der Waals surface area contributed by atoms with Gasteiger partial charge in [-0.2, -0.15) is 0 Å². The SMILES string of the molecule is O=C1[C@H]2[C@H](CC(COc3ccccc3)=C3B(O)O[C@H](c4cccc(O)c4)C[C@H]32)C(=O)N1c1cccc(B(O)O)c1. The summed E-state index contributed by atoms with van der Waals surface area (Å²) in [6.45, 7) is 0.115. The number of phenolic OH excluding ortho intramolecular Hbond substituents is 1. The Labute approximate surface area is 231 Å². The van der Waals surface area contributed by atoms with Gasteiger partial charge in [-0.15, -0.1) is 0 Å². The normalized spacial score (nSPS) is 24.2. The topological polar surface area (TPSA) is 137 Å². The van der Waals surface area contributed by atoms with Gasteiger partial charge in [0.05, 0.1) is 23.6 Å². The first kappa shape index (κ1) is 26.3. The number of rotatable bonds is 6. The van der Waals surface area contributed by atoms with E-state index in [9.17, 15) is 29.8 Å². The molecule has 4 atom stereocenters.